The molecule has 1 aromatic carbocycles. The van der Waals surface area contributed by atoms with Crippen molar-refractivity contribution in [3.05, 3.63) is 40.4 Å². The lowest BCUT2D eigenvalue weighted by atomic mass is 9.86. The smallest absolute Gasteiger partial charge is 0.347 e. The summed E-state index contributed by atoms with van der Waals surface area (Å²) in [5.41, 5.74) is 3.01. The predicted molar refractivity (Wildman–Crippen MR) is 85.1 cm³/mol. The summed E-state index contributed by atoms with van der Waals surface area (Å²) in [6, 6.07) is 8.11. The molecule has 1 N–H and O–H groups in total. The van der Waals surface area contributed by atoms with Crippen LogP contribution in [0.2, 0.25) is 0 Å². The number of rotatable bonds is 3. The molecule has 21 heavy (non-hydrogen) atoms. The Balaban J connectivity index is 1.99. The number of hydrogen-bond acceptors (Lipinski definition) is 3. The third-order valence-corrected chi connectivity index (χ3v) is 5.25. The highest BCUT2D eigenvalue weighted by Crippen LogP contribution is 2.38. The molecule has 1 aromatic heterocycles. The van der Waals surface area contributed by atoms with Crippen LogP contribution in [0.1, 0.15) is 59.0 Å². The number of aryl methyl sites for hydroxylation is 1. The van der Waals surface area contributed by atoms with Crippen LogP contribution in [0.4, 0.5) is 0 Å². The van der Waals surface area contributed by atoms with Gasteiger partial charge in [0.05, 0.1) is 5.69 Å². The van der Waals surface area contributed by atoms with E-state index in [1.807, 2.05) is 31.2 Å². The van der Waals surface area contributed by atoms with E-state index in [2.05, 4.69) is 0 Å². The third kappa shape index (κ3) is 3.00. The van der Waals surface area contributed by atoms with Gasteiger partial charge in [-0.25, -0.2) is 9.78 Å². The van der Waals surface area contributed by atoms with Crippen molar-refractivity contribution in [1.82, 2.24) is 4.98 Å². The third-order valence-electron chi connectivity index (χ3n) is 4.14. The van der Waals surface area contributed by atoms with Gasteiger partial charge in [-0.15, -0.1) is 11.3 Å². The van der Waals surface area contributed by atoms with Gasteiger partial charge in [0, 0.05) is 11.5 Å². The number of aromatic carboxylic acids is 1. The Morgan fingerprint density at radius 2 is 1.86 bits per heavy atom. The Labute approximate surface area is 128 Å². The molecular formula is C17H19NO2S. The van der Waals surface area contributed by atoms with Gasteiger partial charge in [0.1, 0.15) is 9.88 Å². The van der Waals surface area contributed by atoms with Crippen LogP contribution in [-0.4, -0.2) is 16.1 Å². The van der Waals surface area contributed by atoms with Gasteiger partial charge in [-0.1, -0.05) is 49.1 Å². The van der Waals surface area contributed by atoms with Crippen LogP contribution in [0.5, 0.6) is 0 Å². The summed E-state index contributed by atoms with van der Waals surface area (Å²) >= 11 is 1.31. The Morgan fingerprint density at radius 1 is 1.19 bits per heavy atom. The van der Waals surface area contributed by atoms with E-state index in [-0.39, 0.29) is 0 Å². The van der Waals surface area contributed by atoms with Crippen molar-refractivity contribution in [3.63, 3.8) is 0 Å². The van der Waals surface area contributed by atoms with Crippen molar-refractivity contribution in [2.45, 2.75) is 44.9 Å². The summed E-state index contributed by atoms with van der Waals surface area (Å²) in [7, 11) is 0. The van der Waals surface area contributed by atoms with E-state index >= 15 is 0 Å². The minimum absolute atomic E-state index is 0.320. The maximum absolute atomic E-state index is 11.5. The summed E-state index contributed by atoms with van der Waals surface area (Å²) in [5.74, 6) is -0.522. The van der Waals surface area contributed by atoms with E-state index in [9.17, 15) is 9.90 Å². The summed E-state index contributed by atoms with van der Waals surface area (Å²) in [5, 5.41) is 10.3. The fraction of sp³-hybridized carbons (Fsp3) is 0.412. The SMILES string of the molecule is Cc1ccc(-c2nc(C3CCCCC3)c(C(=O)O)s2)cc1. The van der Waals surface area contributed by atoms with E-state index in [4.69, 9.17) is 4.98 Å². The molecule has 0 bridgehead atoms. The van der Waals surface area contributed by atoms with Crippen LogP contribution in [0.25, 0.3) is 10.6 Å². The zero-order chi connectivity index (χ0) is 14.8. The Bertz CT molecular complexity index is 639. The second kappa shape index (κ2) is 5.98. The summed E-state index contributed by atoms with van der Waals surface area (Å²) < 4.78 is 0. The molecule has 4 heteroatoms. The predicted octanol–water partition coefficient (Wildman–Crippen LogP) is 4.86. The number of carboxylic acids is 1. The van der Waals surface area contributed by atoms with Crippen LogP contribution < -0.4 is 0 Å². The van der Waals surface area contributed by atoms with Crippen molar-refractivity contribution in [2.24, 2.45) is 0 Å². The molecular weight excluding hydrogens is 282 g/mol. The molecule has 1 heterocycles. The second-order valence-corrected chi connectivity index (χ2v) is 6.74. The maximum Gasteiger partial charge on any atom is 0.347 e. The Kier molecular flexibility index (Phi) is 4.06. The molecule has 3 nitrogen and oxygen atoms in total. The summed E-state index contributed by atoms with van der Waals surface area (Å²) in [6.45, 7) is 2.04. The normalized spacial score (nSPS) is 16.0. The number of hydrogen-bond donors (Lipinski definition) is 1. The van der Waals surface area contributed by atoms with E-state index in [1.165, 1.54) is 36.2 Å². The molecule has 2 aromatic rings. The topological polar surface area (TPSA) is 50.2 Å². The molecule has 0 aliphatic heterocycles. The van der Waals surface area contributed by atoms with E-state index < -0.39 is 5.97 Å². The highest BCUT2D eigenvalue weighted by molar-refractivity contribution is 7.17. The number of aromatic nitrogens is 1. The largest absolute Gasteiger partial charge is 0.477 e. The fourth-order valence-corrected chi connectivity index (χ4v) is 3.95. The van der Waals surface area contributed by atoms with Crippen LogP contribution in [-0.2, 0) is 0 Å². The molecule has 0 unspecified atom stereocenters. The monoisotopic (exact) mass is 301 g/mol. The Morgan fingerprint density at radius 3 is 2.48 bits per heavy atom. The van der Waals surface area contributed by atoms with Crippen molar-refractivity contribution < 1.29 is 9.90 Å². The van der Waals surface area contributed by atoms with Crippen LogP contribution in [0.15, 0.2) is 24.3 Å². The first-order valence-electron chi connectivity index (χ1n) is 7.46. The van der Waals surface area contributed by atoms with Gasteiger partial charge in [0.2, 0.25) is 0 Å². The van der Waals surface area contributed by atoms with Gasteiger partial charge in [-0.2, -0.15) is 0 Å². The first-order valence-corrected chi connectivity index (χ1v) is 8.28. The first-order chi connectivity index (χ1) is 10.1. The van der Waals surface area contributed by atoms with Crippen molar-refractivity contribution in [1.29, 1.82) is 0 Å². The number of thiazole rings is 1. The summed E-state index contributed by atoms with van der Waals surface area (Å²) in [6.07, 6.45) is 5.75. The van der Waals surface area contributed by atoms with Crippen LogP contribution in [0.3, 0.4) is 0 Å². The molecule has 110 valence electrons. The molecule has 0 saturated heterocycles. The number of carboxylic acid groups (broad SMARTS) is 1. The van der Waals surface area contributed by atoms with Gasteiger partial charge in [0.15, 0.2) is 0 Å². The van der Waals surface area contributed by atoms with Crippen molar-refractivity contribution in [3.8, 4) is 10.6 Å². The number of benzene rings is 1. The van der Waals surface area contributed by atoms with Gasteiger partial charge >= 0.3 is 5.97 Å². The first kappa shape index (κ1) is 14.3. The fourth-order valence-electron chi connectivity index (χ4n) is 2.96. The average molecular weight is 301 g/mol. The van der Waals surface area contributed by atoms with Crippen LogP contribution in [0, 0.1) is 6.92 Å². The minimum Gasteiger partial charge on any atom is -0.477 e. The molecule has 0 amide bonds. The quantitative estimate of drug-likeness (QED) is 0.880. The van der Waals surface area contributed by atoms with E-state index in [0.29, 0.717) is 10.8 Å². The van der Waals surface area contributed by atoms with Crippen molar-refractivity contribution >= 4 is 17.3 Å². The lowest BCUT2D eigenvalue weighted by Crippen LogP contribution is -2.09. The van der Waals surface area contributed by atoms with Gasteiger partial charge in [0.25, 0.3) is 0 Å². The van der Waals surface area contributed by atoms with E-state index in [0.717, 1.165) is 29.1 Å². The molecule has 0 radical (unpaired) electrons. The lowest BCUT2D eigenvalue weighted by Gasteiger charge is -2.20. The minimum atomic E-state index is -0.841. The van der Waals surface area contributed by atoms with Gasteiger partial charge in [-0.05, 0) is 19.8 Å². The average Bonchev–Trinajstić information content (AvgIpc) is 2.94. The van der Waals surface area contributed by atoms with Gasteiger partial charge < -0.3 is 5.11 Å². The molecule has 0 spiro atoms. The molecule has 1 saturated carbocycles. The molecule has 1 aliphatic carbocycles. The maximum atomic E-state index is 11.5. The molecule has 0 atom stereocenters. The standard InChI is InChI=1S/C17H19NO2S/c1-11-7-9-13(10-8-11)16-18-14(15(21-16)17(19)20)12-5-3-2-4-6-12/h7-10,12H,2-6H2,1H3,(H,19,20). The van der Waals surface area contributed by atoms with Crippen LogP contribution >= 0.6 is 11.3 Å². The number of nitrogens with zero attached hydrogens (tertiary/aromatic N) is 1. The molecule has 3 rings (SSSR count). The lowest BCUT2D eigenvalue weighted by molar-refractivity contribution is 0.0700. The van der Waals surface area contributed by atoms with E-state index in [1.54, 1.807) is 0 Å². The van der Waals surface area contributed by atoms with Crippen molar-refractivity contribution in [2.75, 3.05) is 0 Å². The zero-order valence-corrected chi connectivity index (χ0v) is 12.9. The molecule has 1 aliphatic rings. The number of carbonyl (C=O) groups is 1. The van der Waals surface area contributed by atoms with Gasteiger partial charge in [-0.3, -0.25) is 0 Å². The second-order valence-electron chi connectivity index (χ2n) is 5.74. The highest BCUT2D eigenvalue weighted by atomic mass is 32.1. The molecule has 1 fully saturated rings. The Hall–Kier alpha value is -1.68. The highest BCUT2D eigenvalue weighted by Gasteiger charge is 2.26. The summed E-state index contributed by atoms with van der Waals surface area (Å²) in [4.78, 5) is 16.7. The zero-order valence-electron chi connectivity index (χ0n) is 12.1.